The number of halogens is 1. The molecule has 0 unspecified atom stereocenters. The van der Waals surface area contributed by atoms with Crippen LogP contribution < -0.4 is 10.3 Å². The van der Waals surface area contributed by atoms with E-state index < -0.39 is 0 Å². The van der Waals surface area contributed by atoms with Crippen LogP contribution in [-0.4, -0.2) is 40.4 Å². The Morgan fingerprint density at radius 2 is 1.61 bits per heavy atom. The van der Waals surface area contributed by atoms with Crippen LogP contribution in [0.5, 0.6) is 5.75 Å². The molecule has 0 saturated carbocycles. The lowest BCUT2D eigenvalue weighted by molar-refractivity contribution is 0.165. The molecule has 0 N–H and O–H groups in total. The van der Waals surface area contributed by atoms with Crippen LogP contribution in [-0.2, 0) is 6.54 Å². The third-order valence-electron chi connectivity index (χ3n) is 5.36. The highest BCUT2D eigenvalue weighted by Crippen LogP contribution is 2.16. The van der Waals surface area contributed by atoms with Crippen molar-refractivity contribution in [3.05, 3.63) is 70.1 Å². The molecule has 0 spiro atoms. The number of fused-ring (bicyclic) bond motifs is 1. The third kappa shape index (κ3) is 6.28. The average molecular weight is 486 g/mol. The molecule has 0 aliphatic rings. The molecule has 5 nitrogen and oxygen atoms in total. The summed E-state index contributed by atoms with van der Waals surface area (Å²) in [6.07, 6.45) is 5.87. The molecule has 0 saturated heterocycles. The van der Waals surface area contributed by atoms with Crippen molar-refractivity contribution in [1.82, 2.24) is 14.7 Å². The lowest BCUT2D eigenvalue weighted by Gasteiger charge is -2.30. The Labute approximate surface area is 195 Å². The van der Waals surface area contributed by atoms with Crippen LogP contribution in [0.3, 0.4) is 0 Å². The Morgan fingerprint density at radius 3 is 2.23 bits per heavy atom. The minimum absolute atomic E-state index is 0. The molecule has 166 valence electrons. The van der Waals surface area contributed by atoms with E-state index >= 15 is 0 Å². The minimum Gasteiger partial charge on any atom is -0.497 e. The quantitative estimate of drug-likeness (QED) is 0.407. The Hall–Kier alpha value is -2.44. The maximum absolute atomic E-state index is 12.9. The maximum Gasteiger partial charge on any atom is 0.274 e. The fraction of sp³-hybridized carbons (Fsp3) is 0.360. The summed E-state index contributed by atoms with van der Waals surface area (Å²) in [7, 11) is 1.66. The number of hydrogen-bond donors (Lipinski definition) is 0. The van der Waals surface area contributed by atoms with Gasteiger partial charge in [0, 0.05) is 24.0 Å². The zero-order valence-corrected chi connectivity index (χ0v) is 20.6. The van der Waals surface area contributed by atoms with Gasteiger partial charge in [-0.05, 0) is 63.1 Å². The van der Waals surface area contributed by atoms with Crippen molar-refractivity contribution in [2.45, 2.75) is 46.3 Å². The number of ether oxygens (including phenoxy) is 1. The molecule has 1 heterocycles. The van der Waals surface area contributed by atoms with Crippen molar-refractivity contribution in [2.75, 3.05) is 13.7 Å². The van der Waals surface area contributed by atoms with E-state index in [1.807, 2.05) is 54.6 Å². The number of benzene rings is 2. The molecule has 3 rings (SSSR count). The van der Waals surface area contributed by atoms with Crippen molar-refractivity contribution in [3.63, 3.8) is 0 Å². The van der Waals surface area contributed by atoms with Gasteiger partial charge in [-0.2, -0.15) is 5.10 Å². The van der Waals surface area contributed by atoms with Crippen molar-refractivity contribution < 1.29 is 4.74 Å². The van der Waals surface area contributed by atoms with Crippen molar-refractivity contribution in [3.8, 4) is 5.75 Å². The van der Waals surface area contributed by atoms with Crippen molar-refractivity contribution in [1.29, 1.82) is 0 Å². The molecule has 0 bridgehead atoms. The molecule has 3 aromatic rings. The zero-order chi connectivity index (χ0) is 21.7. The van der Waals surface area contributed by atoms with Crippen LogP contribution in [0.2, 0.25) is 0 Å². The molecule has 0 aliphatic carbocycles. The van der Waals surface area contributed by atoms with Crippen LogP contribution in [0.25, 0.3) is 22.9 Å². The van der Waals surface area contributed by atoms with E-state index in [9.17, 15) is 4.79 Å². The SMILES string of the molecule is Br.COc1ccc(C=Cc2ccc3c(=O)n(CCN(C(C)C)C(C)C)ncc3c2)cc1. The van der Waals surface area contributed by atoms with Gasteiger partial charge in [-0.25, -0.2) is 4.68 Å². The molecular formula is C25H32BrN3O2. The molecule has 0 atom stereocenters. The van der Waals surface area contributed by atoms with E-state index in [1.165, 1.54) is 0 Å². The van der Waals surface area contributed by atoms with Crippen molar-refractivity contribution >= 4 is 39.9 Å². The second kappa shape index (κ2) is 11.3. The van der Waals surface area contributed by atoms with Gasteiger partial charge in [0.25, 0.3) is 5.56 Å². The molecule has 0 aliphatic heterocycles. The number of aromatic nitrogens is 2. The number of hydrogen-bond acceptors (Lipinski definition) is 4. The first-order valence-corrected chi connectivity index (χ1v) is 10.5. The number of rotatable bonds is 8. The zero-order valence-electron chi connectivity index (χ0n) is 18.9. The van der Waals surface area contributed by atoms with E-state index in [0.29, 0.717) is 24.0 Å². The fourth-order valence-corrected chi connectivity index (χ4v) is 3.70. The first kappa shape index (κ1) is 24.8. The molecular weight excluding hydrogens is 454 g/mol. The number of methoxy groups -OCH3 is 1. The molecule has 6 heteroatoms. The third-order valence-corrected chi connectivity index (χ3v) is 5.36. The van der Waals surface area contributed by atoms with Gasteiger partial charge >= 0.3 is 0 Å². The standard InChI is InChI=1S/C25H31N3O2.BrH/c1-18(2)27(19(3)4)14-15-28-25(29)24-13-10-21(16-22(24)17-26-28)7-6-20-8-11-23(30-5)12-9-20;/h6-13,16-19H,14-15H2,1-5H3;1H. The lowest BCUT2D eigenvalue weighted by atomic mass is 10.1. The normalized spacial score (nSPS) is 11.6. The summed E-state index contributed by atoms with van der Waals surface area (Å²) in [5, 5.41) is 5.98. The predicted molar refractivity (Wildman–Crippen MR) is 135 cm³/mol. The molecule has 31 heavy (non-hydrogen) atoms. The van der Waals surface area contributed by atoms with E-state index in [2.05, 4.69) is 37.7 Å². The first-order chi connectivity index (χ1) is 14.4. The van der Waals surface area contributed by atoms with Gasteiger partial charge in [-0.15, -0.1) is 17.0 Å². The largest absolute Gasteiger partial charge is 0.497 e. The van der Waals surface area contributed by atoms with E-state index in [1.54, 1.807) is 18.0 Å². The van der Waals surface area contributed by atoms with Crippen LogP contribution >= 0.6 is 17.0 Å². The minimum atomic E-state index is -0.0364. The van der Waals surface area contributed by atoms with E-state index in [-0.39, 0.29) is 22.5 Å². The molecule has 0 fully saturated rings. The van der Waals surface area contributed by atoms with E-state index in [4.69, 9.17) is 4.74 Å². The Balaban J connectivity index is 0.00000341. The second-order valence-electron chi connectivity index (χ2n) is 8.05. The molecule has 1 aromatic heterocycles. The number of nitrogens with zero attached hydrogens (tertiary/aromatic N) is 3. The lowest BCUT2D eigenvalue weighted by Crippen LogP contribution is -2.40. The summed E-state index contributed by atoms with van der Waals surface area (Å²) < 4.78 is 6.77. The summed E-state index contributed by atoms with van der Waals surface area (Å²) in [4.78, 5) is 15.3. The second-order valence-corrected chi connectivity index (χ2v) is 8.05. The van der Waals surface area contributed by atoms with E-state index in [0.717, 1.165) is 28.8 Å². The summed E-state index contributed by atoms with van der Waals surface area (Å²) >= 11 is 0. The smallest absolute Gasteiger partial charge is 0.274 e. The summed E-state index contributed by atoms with van der Waals surface area (Å²) in [6.45, 7) is 10.1. The van der Waals surface area contributed by atoms with Gasteiger partial charge in [0.05, 0.1) is 25.2 Å². The molecule has 0 radical (unpaired) electrons. The van der Waals surface area contributed by atoms with Gasteiger partial charge in [-0.1, -0.05) is 30.4 Å². The molecule has 0 amide bonds. The van der Waals surface area contributed by atoms with Crippen molar-refractivity contribution in [2.24, 2.45) is 0 Å². The highest BCUT2D eigenvalue weighted by molar-refractivity contribution is 8.93. The Morgan fingerprint density at radius 1 is 1.00 bits per heavy atom. The van der Waals surface area contributed by atoms with Crippen LogP contribution in [0.4, 0.5) is 0 Å². The van der Waals surface area contributed by atoms with Gasteiger partial charge in [-0.3, -0.25) is 9.69 Å². The Bertz CT molecular complexity index is 1060. The highest BCUT2D eigenvalue weighted by atomic mass is 79.9. The topological polar surface area (TPSA) is 47.4 Å². The average Bonchev–Trinajstić information content (AvgIpc) is 2.73. The van der Waals surface area contributed by atoms with Crippen LogP contribution in [0.1, 0.15) is 38.8 Å². The van der Waals surface area contributed by atoms with Gasteiger partial charge in [0.2, 0.25) is 0 Å². The van der Waals surface area contributed by atoms with Gasteiger partial charge in [0.15, 0.2) is 0 Å². The maximum atomic E-state index is 12.9. The monoisotopic (exact) mass is 485 g/mol. The summed E-state index contributed by atoms with van der Waals surface area (Å²) in [6, 6.07) is 14.6. The van der Waals surface area contributed by atoms with Crippen LogP contribution in [0, 0.1) is 0 Å². The predicted octanol–water partition coefficient (Wildman–Crippen LogP) is 5.27. The van der Waals surface area contributed by atoms with Gasteiger partial charge in [0.1, 0.15) is 5.75 Å². The van der Waals surface area contributed by atoms with Crippen LogP contribution in [0.15, 0.2) is 53.5 Å². The first-order valence-electron chi connectivity index (χ1n) is 10.5. The summed E-state index contributed by atoms with van der Waals surface area (Å²) in [5.41, 5.74) is 2.08. The highest BCUT2D eigenvalue weighted by Gasteiger charge is 2.14. The molecule has 2 aromatic carbocycles. The summed E-state index contributed by atoms with van der Waals surface area (Å²) in [5.74, 6) is 0.838. The van der Waals surface area contributed by atoms with Gasteiger partial charge < -0.3 is 4.74 Å². The Kier molecular flexibility index (Phi) is 9.01. The fourth-order valence-electron chi connectivity index (χ4n) is 3.70.